The average molecular weight is 306 g/mol. The number of rotatable bonds is 4. The molecule has 23 heavy (non-hydrogen) atoms. The monoisotopic (exact) mass is 306 g/mol. The number of carboxylic acid groups (broad SMARTS) is 1. The molecule has 0 spiro atoms. The van der Waals surface area contributed by atoms with Gasteiger partial charge in [-0.05, 0) is 49.8 Å². The lowest BCUT2D eigenvalue weighted by molar-refractivity contribution is 0.0686. The van der Waals surface area contributed by atoms with Gasteiger partial charge < -0.3 is 9.67 Å². The highest BCUT2D eigenvalue weighted by Gasteiger charge is 2.17. The minimum Gasteiger partial charge on any atom is -0.477 e. The van der Waals surface area contributed by atoms with Crippen LogP contribution >= 0.6 is 0 Å². The van der Waals surface area contributed by atoms with Gasteiger partial charge in [-0.15, -0.1) is 0 Å². The average Bonchev–Trinajstić information content (AvgIpc) is 2.86. The molecule has 0 unspecified atom stereocenters. The third-order valence-electron chi connectivity index (χ3n) is 3.90. The number of carboxylic acids is 1. The summed E-state index contributed by atoms with van der Waals surface area (Å²) in [6.07, 6.45) is 1.68. The maximum Gasteiger partial charge on any atom is 0.352 e. The standard InChI is InChI=1S/C19H18N2O2/c1-4-15-6-5-7-16(20-15)11-21-17(19(22)23)10-14-9-12(2)8-13(3)18(14)21/h4-10H,1,11H2,2-3H3,(H,22,23). The molecule has 0 aliphatic carbocycles. The topological polar surface area (TPSA) is 55.1 Å². The summed E-state index contributed by atoms with van der Waals surface area (Å²) in [6, 6.07) is 11.5. The fourth-order valence-corrected chi connectivity index (χ4v) is 3.02. The molecule has 2 aromatic heterocycles. The Morgan fingerprint density at radius 1 is 1.30 bits per heavy atom. The van der Waals surface area contributed by atoms with Crippen molar-refractivity contribution < 1.29 is 9.90 Å². The molecular weight excluding hydrogens is 288 g/mol. The van der Waals surface area contributed by atoms with Gasteiger partial charge in [-0.3, -0.25) is 4.98 Å². The lowest BCUT2D eigenvalue weighted by atomic mass is 10.1. The summed E-state index contributed by atoms with van der Waals surface area (Å²) < 4.78 is 1.82. The molecule has 0 aliphatic heterocycles. The number of fused-ring (bicyclic) bond motifs is 1. The second-order valence-electron chi connectivity index (χ2n) is 5.70. The van der Waals surface area contributed by atoms with Crippen LogP contribution in [-0.2, 0) is 6.54 Å². The van der Waals surface area contributed by atoms with Gasteiger partial charge in [0.05, 0.1) is 23.4 Å². The summed E-state index contributed by atoms with van der Waals surface area (Å²) in [6.45, 7) is 8.16. The minimum absolute atomic E-state index is 0.277. The molecule has 0 atom stereocenters. The van der Waals surface area contributed by atoms with E-state index in [1.807, 2.05) is 42.7 Å². The molecule has 116 valence electrons. The van der Waals surface area contributed by atoms with Gasteiger partial charge in [-0.25, -0.2) is 4.79 Å². The Morgan fingerprint density at radius 2 is 2.09 bits per heavy atom. The van der Waals surface area contributed by atoms with Crippen LogP contribution in [0.2, 0.25) is 0 Å². The summed E-state index contributed by atoms with van der Waals surface area (Å²) in [5.41, 5.74) is 4.99. The number of benzene rings is 1. The van der Waals surface area contributed by atoms with Gasteiger partial charge in [0.15, 0.2) is 0 Å². The van der Waals surface area contributed by atoms with E-state index in [-0.39, 0.29) is 5.69 Å². The van der Waals surface area contributed by atoms with Gasteiger partial charge in [0.25, 0.3) is 0 Å². The molecule has 0 bridgehead atoms. The zero-order chi connectivity index (χ0) is 16.6. The third-order valence-corrected chi connectivity index (χ3v) is 3.90. The van der Waals surface area contributed by atoms with E-state index >= 15 is 0 Å². The molecule has 2 heterocycles. The predicted molar refractivity (Wildman–Crippen MR) is 91.8 cm³/mol. The molecule has 1 aromatic carbocycles. The van der Waals surface area contributed by atoms with Crippen molar-refractivity contribution in [3.63, 3.8) is 0 Å². The Morgan fingerprint density at radius 3 is 2.78 bits per heavy atom. The molecule has 0 fully saturated rings. The van der Waals surface area contributed by atoms with Crippen LogP contribution in [0.3, 0.4) is 0 Å². The van der Waals surface area contributed by atoms with Gasteiger partial charge in [0.1, 0.15) is 5.69 Å². The SMILES string of the molecule is C=Cc1cccc(Cn2c(C(=O)O)cc3cc(C)cc(C)c32)n1. The molecule has 1 N–H and O–H groups in total. The van der Waals surface area contributed by atoms with E-state index in [0.717, 1.165) is 33.4 Å². The van der Waals surface area contributed by atoms with Crippen LogP contribution in [0, 0.1) is 13.8 Å². The molecule has 0 amide bonds. The second-order valence-corrected chi connectivity index (χ2v) is 5.70. The van der Waals surface area contributed by atoms with Crippen molar-refractivity contribution in [2.24, 2.45) is 0 Å². The van der Waals surface area contributed by atoms with Crippen molar-refractivity contribution in [1.82, 2.24) is 9.55 Å². The lowest BCUT2D eigenvalue weighted by Crippen LogP contribution is -2.11. The molecule has 0 aliphatic rings. The zero-order valence-electron chi connectivity index (χ0n) is 13.2. The molecule has 4 nitrogen and oxygen atoms in total. The van der Waals surface area contributed by atoms with Gasteiger partial charge in [0.2, 0.25) is 0 Å². The molecule has 0 saturated carbocycles. The fourth-order valence-electron chi connectivity index (χ4n) is 3.02. The quantitative estimate of drug-likeness (QED) is 0.791. The highest BCUT2D eigenvalue weighted by molar-refractivity contribution is 5.96. The van der Waals surface area contributed by atoms with Crippen LogP contribution in [0.25, 0.3) is 17.0 Å². The second kappa shape index (κ2) is 5.72. The first-order valence-electron chi connectivity index (χ1n) is 7.41. The van der Waals surface area contributed by atoms with E-state index in [4.69, 9.17) is 0 Å². The van der Waals surface area contributed by atoms with Crippen LogP contribution in [0.1, 0.15) is 33.0 Å². The normalized spacial score (nSPS) is 10.9. The lowest BCUT2D eigenvalue weighted by Gasteiger charge is -2.11. The van der Waals surface area contributed by atoms with Gasteiger partial charge in [-0.1, -0.05) is 24.3 Å². The smallest absolute Gasteiger partial charge is 0.352 e. The van der Waals surface area contributed by atoms with Crippen LogP contribution in [0.4, 0.5) is 0 Å². The summed E-state index contributed by atoms with van der Waals surface area (Å²) >= 11 is 0. The van der Waals surface area contributed by atoms with E-state index in [2.05, 4.69) is 17.6 Å². The Labute approximate surface area is 134 Å². The summed E-state index contributed by atoms with van der Waals surface area (Å²) in [4.78, 5) is 16.1. The Bertz CT molecular complexity index is 923. The summed E-state index contributed by atoms with van der Waals surface area (Å²) in [5.74, 6) is -0.932. The number of aromatic carboxylic acids is 1. The van der Waals surface area contributed by atoms with Crippen LogP contribution in [0.15, 0.2) is 43.0 Å². The van der Waals surface area contributed by atoms with Crippen LogP contribution in [-0.4, -0.2) is 20.6 Å². The van der Waals surface area contributed by atoms with Crippen molar-refractivity contribution in [1.29, 1.82) is 0 Å². The van der Waals surface area contributed by atoms with Crippen LogP contribution in [0.5, 0.6) is 0 Å². The number of hydrogen-bond donors (Lipinski definition) is 1. The highest BCUT2D eigenvalue weighted by atomic mass is 16.4. The Balaban J connectivity index is 2.20. The first kappa shape index (κ1) is 15.0. The molecule has 0 saturated heterocycles. The maximum absolute atomic E-state index is 11.6. The first-order valence-corrected chi connectivity index (χ1v) is 7.41. The van der Waals surface area contributed by atoms with E-state index < -0.39 is 5.97 Å². The van der Waals surface area contributed by atoms with E-state index in [0.29, 0.717) is 6.54 Å². The summed E-state index contributed by atoms with van der Waals surface area (Å²) in [7, 11) is 0. The largest absolute Gasteiger partial charge is 0.477 e. The molecule has 4 heteroatoms. The van der Waals surface area contributed by atoms with Crippen molar-refractivity contribution in [3.05, 3.63) is 71.2 Å². The number of nitrogens with zero attached hydrogens (tertiary/aromatic N) is 2. The van der Waals surface area contributed by atoms with Gasteiger partial charge >= 0.3 is 5.97 Å². The highest BCUT2D eigenvalue weighted by Crippen LogP contribution is 2.26. The molecule has 0 radical (unpaired) electrons. The predicted octanol–water partition coefficient (Wildman–Crippen LogP) is 4.04. The summed E-state index contributed by atoms with van der Waals surface area (Å²) in [5, 5.41) is 10.5. The Hall–Kier alpha value is -2.88. The van der Waals surface area contributed by atoms with E-state index in [1.54, 1.807) is 12.1 Å². The first-order chi connectivity index (χ1) is 11.0. The van der Waals surface area contributed by atoms with Gasteiger partial charge in [0, 0.05) is 5.39 Å². The number of pyridine rings is 1. The molecule has 3 aromatic rings. The number of aromatic nitrogens is 2. The molecular formula is C19H18N2O2. The van der Waals surface area contributed by atoms with Gasteiger partial charge in [-0.2, -0.15) is 0 Å². The minimum atomic E-state index is -0.932. The fraction of sp³-hybridized carbons (Fsp3) is 0.158. The van der Waals surface area contributed by atoms with Crippen molar-refractivity contribution >= 4 is 22.9 Å². The third kappa shape index (κ3) is 2.75. The van der Waals surface area contributed by atoms with E-state index in [9.17, 15) is 9.90 Å². The van der Waals surface area contributed by atoms with E-state index in [1.165, 1.54) is 0 Å². The number of carbonyl (C=O) groups is 1. The van der Waals surface area contributed by atoms with Crippen molar-refractivity contribution in [2.75, 3.05) is 0 Å². The van der Waals surface area contributed by atoms with Crippen LogP contribution < -0.4 is 0 Å². The molecule has 3 rings (SSSR count). The zero-order valence-corrected chi connectivity index (χ0v) is 13.2. The van der Waals surface area contributed by atoms with Crippen molar-refractivity contribution in [3.8, 4) is 0 Å². The Kier molecular flexibility index (Phi) is 3.74. The van der Waals surface area contributed by atoms with Crippen molar-refractivity contribution in [2.45, 2.75) is 20.4 Å². The number of hydrogen-bond acceptors (Lipinski definition) is 2. The number of aryl methyl sites for hydroxylation is 2. The maximum atomic E-state index is 11.6.